The van der Waals surface area contributed by atoms with E-state index < -0.39 is 0 Å². The summed E-state index contributed by atoms with van der Waals surface area (Å²) in [5, 5.41) is 3.73. The van der Waals surface area contributed by atoms with Gasteiger partial charge < -0.3 is 10.2 Å². The van der Waals surface area contributed by atoms with Crippen LogP contribution in [-0.4, -0.2) is 25.2 Å². The van der Waals surface area contributed by atoms with Gasteiger partial charge in [-0.05, 0) is 37.0 Å². The first-order valence-corrected chi connectivity index (χ1v) is 8.59. The van der Waals surface area contributed by atoms with Gasteiger partial charge in [0, 0.05) is 35.3 Å². The van der Waals surface area contributed by atoms with E-state index in [0.29, 0.717) is 18.0 Å². The molecule has 0 aliphatic carbocycles. The normalized spacial score (nSPS) is 23.4. The molecule has 1 N–H and O–H groups in total. The summed E-state index contributed by atoms with van der Waals surface area (Å²) in [6.07, 6.45) is 2.50. The maximum atomic E-state index is 3.73. The summed E-state index contributed by atoms with van der Waals surface area (Å²) in [5.74, 6) is 0.656. The molecule has 2 unspecified atom stereocenters. The molecule has 112 valence electrons. The van der Waals surface area contributed by atoms with Crippen molar-refractivity contribution in [3.05, 3.63) is 28.2 Å². The zero-order valence-corrected chi connectivity index (χ0v) is 14.7. The van der Waals surface area contributed by atoms with E-state index >= 15 is 0 Å². The standard InChI is InChI=1S/C17H27BrN2/c1-5-7-14-11-20(17(10-19-14)12(2)3)16-9-6-8-15(18)13(16)4/h6,8-9,12,14,17,19H,5,7,10-11H2,1-4H3. The Labute approximate surface area is 132 Å². The third kappa shape index (κ3) is 3.37. The molecule has 0 spiro atoms. The van der Waals surface area contributed by atoms with Crippen LogP contribution in [0.15, 0.2) is 22.7 Å². The Kier molecular flexibility index (Phi) is 5.50. The molecule has 1 saturated heterocycles. The first-order valence-electron chi connectivity index (χ1n) is 7.79. The van der Waals surface area contributed by atoms with E-state index in [-0.39, 0.29) is 0 Å². The molecule has 1 heterocycles. The fourth-order valence-electron chi connectivity index (χ4n) is 3.16. The van der Waals surface area contributed by atoms with E-state index in [2.05, 4.69) is 72.0 Å². The van der Waals surface area contributed by atoms with Crippen molar-refractivity contribution in [2.75, 3.05) is 18.0 Å². The van der Waals surface area contributed by atoms with Crippen molar-refractivity contribution in [3.63, 3.8) is 0 Å². The van der Waals surface area contributed by atoms with Crippen molar-refractivity contribution < 1.29 is 0 Å². The second kappa shape index (κ2) is 6.95. The molecule has 1 aromatic rings. The number of hydrogen-bond donors (Lipinski definition) is 1. The van der Waals surface area contributed by atoms with Gasteiger partial charge in [-0.1, -0.05) is 49.2 Å². The predicted molar refractivity (Wildman–Crippen MR) is 91.5 cm³/mol. The number of hydrogen-bond acceptors (Lipinski definition) is 2. The Morgan fingerprint density at radius 2 is 2.15 bits per heavy atom. The average molecular weight is 339 g/mol. The van der Waals surface area contributed by atoms with Gasteiger partial charge in [0.05, 0.1) is 0 Å². The van der Waals surface area contributed by atoms with Crippen LogP contribution in [0.4, 0.5) is 5.69 Å². The number of nitrogens with one attached hydrogen (secondary N) is 1. The number of nitrogens with zero attached hydrogens (tertiary/aromatic N) is 1. The molecule has 2 nitrogen and oxygen atoms in total. The minimum Gasteiger partial charge on any atom is -0.365 e. The van der Waals surface area contributed by atoms with Crippen LogP contribution >= 0.6 is 15.9 Å². The quantitative estimate of drug-likeness (QED) is 0.877. The van der Waals surface area contributed by atoms with Crippen LogP contribution in [0.2, 0.25) is 0 Å². The maximum Gasteiger partial charge on any atom is 0.0438 e. The molecule has 0 radical (unpaired) electrons. The van der Waals surface area contributed by atoms with Crippen LogP contribution in [0.5, 0.6) is 0 Å². The van der Waals surface area contributed by atoms with Gasteiger partial charge in [0.25, 0.3) is 0 Å². The number of piperazine rings is 1. The van der Waals surface area contributed by atoms with Gasteiger partial charge >= 0.3 is 0 Å². The highest BCUT2D eigenvalue weighted by atomic mass is 79.9. The van der Waals surface area contributed by atoms with E-state index in [9.17, 15) is 0 Å². The van der Waals surface area contributed by atoms with Crippen LogP contribution in [0, 0.1) is 12.8 Å². The van der Waals surface area contributed by atoms with Crippen molar-refractivity contribution >= 4 is 21.6 Å². The predicted octanol–water partition coefficient (Wildman–Crippen LogP) is 4.36. The molecule has 1 aromatic carbocycles. The highest BCUT2D eigenvalue weighted by Crippen LogP contribution is 2.31. The third-order valence-corrected chi connectivity index (χ3v) is 5.25. The Morgan fingerprint density at radius 1 is 1.40 bits per heavy atom. The van der Waals surface area contributed by atoms with E-state index in [0.717, 1.165) is 13.1 Å². The van der Waals surface area contributed by atoms with Crippen molar-refractivity contribution in [2.24, 2.45) is 5.92 Å². The molecular formula is C17H27BrN2. The van der Waals surface area contributed by atoms with Crippen molar-refractivity contribution in [1.29, 1.82) is 0 Å². The topological polar surface area (TPSA) is 15.3 Å². The van der Waals surface area contributed by atoms with E-state index in [1.807, 2.05) is 0 Å². The highest BCUT2D eigenvalue weighted by Gasteiger charge is 2.30. The SMILES string of the molecule is CCCC1CN(c2cccc(Br)c2C)C(C(C)C)CN1. The molecule has 0 aromatic heterocycles. The molecule has 1 aliphatic rings. The Bertz CT molecular complexity index is 445. The van der Waals surface area contributed by atoms with Gasteiger partial charge in [0.1, 0.15) is 0 Å². The van der Waals surface area contributed by atoms with Crippen LogP contribution in [0.3, 0.4) is 0 Å². The average Bonchev–Trinajstić information content (AvgIpc) is 2.42. The third-order valence-electron chi connectivity index (χ3n) is 4.39. The molecule has 0 amide bonds. The van der Waals surface area contributed by atoms with E-state index in [1.165, 1.54) is 28.6 Å². The maximum absolute atomic E-state index is 3.73. The van der Waals surface area contributed by atoms with Crippen LogP contribution < -0.4 is 10.2 Å². The largest absolute Gasteiger partial charge is 0.365 e. The fraction of sp³-hybridized carbons (Fsp3) is 0.647. The van der Waals surface area contributed by atoms with Gasteiger partial charge in [-0.25, -0.2) is 0 Å². The lowest BCUT2D eigenvalue weighted by atomic mass is 9.95. The fourth-order valence-corrected chi connectivity index (χ4v) is 3.51. The lowest BCUT2D eigenvalue weighted by molar-refractivity contribution is 0.327. The molecule has 2 atom stereocenters. The van der Waals surface area contributed by atoms with Crippen LogP contribution in [-0.2, 0) is 0 Å². The summed E-state index contributed by atoms with van der Waals surface area (Å²) in [4.78, 5) is 2.63. The molecule has 0 saturated carbocycles. The summed E-state index contributed by atoms with van der Waals surface area (Å²) in [6, 6.07) is 7.75. The summed E-state index contributed by atoms with van der Waals surface area (Å²) in [5.41, 5.74) is 2.75. The second-order valence-electron chi connectivity index (χ2n) is 6.24. The number of rotatable bonds is 4. The molecule has 2 rings (SSSR count). The number of halogens is 1. The molecule has 0 bridgehead atoms. The lowest BCUT2D eigenvalue weighted by Crippen LogP contribution is -2.58. The van der Waals surface area contributed by atoms with Gasteiger partial charge in [0.15, 0.2) is 0 Å². The van der Waals surface area contributed by atoms with Crippen LogP contribution in [0.1, 0.15) is 39.2 Å². The Morgan fingerprint density at radius 3 is 2.80 bits per heavy atom. The lowest BCUT2D eigenvalue weighted by Gasteiger charge is -2.44. The van der Waals surface area contributed by atoms with Crippen molar-refractivity contribution in [1.82, 2.24) is 5.32 Å². The second-order valence-corrected chi connectivity index (χ2v) is 7.10. The zero-order valence-electron chi connectivity index (χ0n) is 13.1. The minimum atomic E-state index is 0.580. The van der Waals surface area contributed by atoms with Gasteiger partial charge in [0.2, 0.25) is 0 Å². The molecule has 1 aliphatic heterocycles. The van der Waals surface area contributed by atoms with Gasteiger partial charge in [-0.2, -0.15) is 0 Å². The van der Waals surface area contributed by atoms with E-state index in [1.54, 1.807) is 0 Å². The number of anilines is 1. The summed E-state index contributed by atoms with van der Waals surface area (Å²) < 4.78 is 1.21. The molecule has 20 heavy (non-hydrogen) atoms. The first kappa shape index (κ1) is 15.8. The Balaban J connectivity index is 2.29. The molecular weight excluding hydrogens is 312 g/mol. The van der Waals surface area contributed by atoms with Gasteiger partial charge in [-0.3, -0.25) is 0 Å². The highest BCUT2D eigenvalue weighted by molar-refractivity contribution is 9.10. The molecule has 3 heteroatoms. The van der Waals surface area contributed by atoms with Crippen molar-refractivity contribution in [3.8, 4) is 0 Å². The monoisotopic (exact) mass is 338 g/mol. The smallest absolute Gasteiger partial charge is 0.0438 e. The Hall–Kier alpha value is -0.540. The summed E-state index contributed by atoms with van der Waals surface area (Å²) in [7, 11) is 0. The summed E-state index contributed by atoms with van der Waals surface area (Å²) >= 11 is 3.67. The van der Waals surface area contributed by atoms with Crippen molar-refractivity contribution in [2.45, 2.75) is 52.6 Å². The number of benzene rings is 1. The van der Waals surface area contributed by atoms with Gasteiger partial charge in [-0.15, -0.1) is 0 Å². The van der Waals surface area contributed by atoms with E-state index in [4.69, 9.17) is 0 Å². The first-order chi connectivity index (χ1) is 9.54. The van der Waals surface area contributed by atoms with Crippen LogP contribution in [0.25, 0.3) is 0 Å². The minimum absolute atomic E-state index is 0.580. The summed E-state index contributed by atoms with van der Waals surface area (Å²) in [6.45, 7) is 11.3. The zero-order chi connectivity index (χ0) is 14.7. The molecule has 1 fully saturated rings.